The minimum atomic E-state index is -0.507. The third-order valence-electron chi connectivity index (χ3n) is 6.92. The number of urea groups is 1. The molecule has 2 saturated heterocycles. The molecule has 0 radical (unpaired) electrons. The van der Waals surface area contributed by atoms with Crippen LogP contribution in [0.3, 0.4) is 0 Å². The molecule has 1 atom stereocenters. The largest absolute Gasteiger partial charge is 0.336 e. The van der Waals surface area contributed by atoms with E-state index < -0.39 is 16.9 Å². The maximum absolute atomic E-state index is 13.5. The molecule has 0 aliphatic carbocycles. The van der Waals surface area contributed by atoms with Gasteiger partial charge in [0, 0.05) is 30.8 Å². The molecule has 2 fully saturated rings. The van der Waals surface area contributed by atoms with Crippen LogP contribution in [0.1, 0.15) is 18.4 Å². The van der Waals surface area contributed by atoms with E-state index in [0.29, 0.717) is 48.0 Å². The van der Waals surface area contributed by atoms with Crippen molar-refractivity contribution >= 4 is 40.0 Å². The molecule has 35 heavy (non-hydrogen) atoms. The van der Waals surface area contributed by atoms with Gasteiger partial charge in [0.15, 0.2) is 0 Å². The van der Waals surface area contributed by atoms with Crippen molar-refractivity contribution in [2.24, 2.45) is 0 Å². The minimum absolute atomic E-state index is 0.0713. The first kappa shape index (κ1) is 21.0. The molecule has 0 aromatic heterocycles. The number of imide groups is 1. The lowest BCUT2D eigenvalue weighted by atomic mass is 10.1. The third kappa shape index (κ3) is 3.12. The molecule has 0 saturated carbocycles. The number of amides is 4. The van der Waals surface area contributed by atoms with Crippen molar-refractivity contribution in [3.8, 4) is 0 Å². The Hall–Kier alpha value is -4.53. The molecule has 0 spiro atoms. The van der Waals surface area contributed by atoms with Crippen molar-refractivity contribution in [1.82, 2.24) is 9.80 Å². The van der Waals surface area contributed by atoms with Crippen LogP contribution in [-0.2, 0) is 16.0 Å². The standard InChI is InChI=1S/C26H20N4O5/c31-23(13-10-16-6-2-1-3-7-16)27-15-17-14-22(27)24-25(32)29(26(33)28(17)24)20-11-12-21(30(34)35)19-9-5-4-8-18(19)20/h1-9,11-12,17H,10,13-15H2. The van der Waals surface area contributed by atoms with Crippen molar-refractivity contribution in [3.63, 3.8) is 0 Å². The third-order valence-corrected chi connectivity index (χ3v) is 6.92. The van der Waals surface area contributed by atoms with Crippen LogP contribution in [0.2, 0.25) is 0 Å². The van der Waals surface area contributed by atoms with Gasteiger partial charge in [-0.2, -0.15) is 0 Å². The summed E-state index contributed by atoms with van der Waals surface area (Å²) in [5.74, 6) is -0.579. The molecule has 2 bridgehead atoms. The summed E-state index contributed by atoms with van der Waals surface area (Å²) in [6, 6.07) is 18.4. The van der Waals surface area contributed by atoms with Crippen LogP contribution >= 0.6 is 0 Å². The molecule has 3 aliphatic rings. The fourth-order valence-corrected chi connectivity index (χ4v) is 5.33. The Bertz CT molecular complexity index is 1470. The van der Waals surface area contributed by atoms with Crippen molar-refractivity contribution in [1.29, 1.82) is 0 Å². The van der Waals surface area contributed by atoms with Crippen LogP contribution in [0.15, 0.2) is 78.1 Å². The molecular formula is C26H20N4O5. The number of fused-ring (bicyclic) bond motifs is 5. The van der Waals surface area contributed by atoms with E-state index in [-0.39, 0.29) is 23.3 Å². The molecule has 1 unspecified atom stereocenters. The molecule has 9 heteroatoms. The number of benzene rings is 3. The quantitative estimate of drug-likeness (QED) is 0.320. The Morgan fingerprint density at radius 1 is 0.971 bits per heavy atom. The van der Waals surface area contributed by atoms with Crippen LogP contribution in [0.5, 0.6) is 0 Å². The van der Waals surface area contributed by atoms with E-state index in [0.717, 1.165) is 10.5 Å². The van der Waals surface area contributed by atoms with Gasteiger partial charge in [0.25, 0.3) is 11.6 Å². The maximum Gasteiger partial charge on any atom is 0.336 e. The molecule has 6 rings (SSSR count). The molecule has 0 N–H and O–H groups in total. The van der Waals surface area contributed by atoms with Gasteiger partial charge in [-0.15, -0.1) is 0 Å². The second-order valence-electron chi connectivity index (χ2n) is 8.84. The molecule has 3 aliphatic heterocycles. The summed E-state index contributed by atoms with van der Waals surface area (Å²) in [5, 5.41) is 12.3. The zero-order valence-electron chi connectivity index (χ0n) is 18.6. The van der Waals surface area contributed by atoms with Crippen LogP contribution in [0.4, 0.5) is 16.2 Å². The Kier molecular flexibility index (Phi) is 4.67. The number of rotatable bonds is 5. The highest BCUT2D eigenvalue weighted by molar-refractivity contribution is 6.30. The van der Waals surface area contributed by atoms with E-state index in [4.69, 9.17) is 0 Å². The van der Waals surface area contributed by atoms with Crippen LogP contribution in [-0.4, -0.2) is 45.2 Å². The average Bonchev–Trinajstić information content (AvgIpc) is 3.54. The molecule has 3 aromatic carbocycles. The van der Waals surface area contributed by atoms with Crippen LogP contribution in [0.25, 0.3) is 10.8 Å². The number of non-ortho nitro benzene ring substituents is 1. The fourth-order valence-electron chi connectivity index (χ4n) is 5.33. The number of likely N-dealkylation sites (tertiary alicyclic amines) is 1. The van der Waals surface area contributed by atoms with Gasteiger partial charge in [0.05, 0.1) is 27.7 Å². The zero-order valence-corrected chi connectivity index (χ0v) is 18.6. The first-order chi connectivity index (χ1) is 17.0. The van der Waals surface area contributed by atoms with Crippen molar-refractivity contribution in [2.75, 3.05) is 11.4 Å². The minimum Gasteiger partial charge on any atom is -0.312 e. The highest BCUT2D eigenvalue weighted by atomic mass is 16.6. The lowest BCUT2D eigenvalue weighted by molar-refractivity contribution is -0.383. The lowest BCUT2D eigenvalue weighted by Gasteiger charge is -2.27. The number of anilines is 1. The average molecular weight is 468 g/mol. The lowest BCUT2D eigenvalue weighted by Crippen LogP contribution is -2.43. The van der Waals surface area contributed by atoms with Gasteiger partial charge in [-0.25, -0.2) is 9.69 Å². The van der Waals surface area contributed by atoms with E-state index in [1.807, 2.05) is 30.3 Å². The SMILES string of the molecule is O=C(CCc1ccccc1)N1CC2CC1=C1C(=O)N(c3ccc([N+](=O)[O-])c4ccccc34)C(=O)N12. The molecule has 174 valence electrons. The van der Waals surface area contributed by atoms with Gasteiger partial charge >= 0.3 is 6.03 Å². The van der Waals surface area contributed by atoms with Crippen molar-refractivity contribution < 1.29 is 19.3 Å². The number of carbonyl (C=O) groups is 3. The Balaban J connectivity index is 1.33. The summed E-state index contributed by atoms with van der Waals surface area (Å²) in [5.41, 5.74) is 2.08. The summed E-state index contributed by atoms with van der Waals surface area (Å²) in [6.07, 6.45) is 1.38. The van der Waals surface area contributed by atoms with Crippen LogP contribution in [0, 0.1) is 10.1 Å². The predicted molar refractivity (Wildman–Crippen MR) is 127 cm³/mol. The topological polar surface area (TPSA) is 104 Å². The summed E-state index contributed by atoms with van der Waals surface area (Å²) < 4.78 is 0. The first-order valence-corrected chi connectivity index (χ1v) is 11.4. The number of aryl methyl sites for hydroxylation is 1. The molecule has 9 nitrogen and oxygen atoms in total. The fraction of sp³-hybridized carbons (Fsp3) is 0.192. The van der Waals surface area contributed by atoms with Gasteiger partial charge < -0.3 is 4.90 Å². The van der Waals surface area contributed by atoms with Crippen molar-refractivity contribution in [3.05, 3.63) is 93.8 Å². The predicted octanol–water partition coefficient (Wildman–Crippen LogP) is 3.98. The van der Waals surface area contributed by atoms with Gasteiger partial charge in [-0.05, 0) is 24.1 Å². The number of carbonyl (C=O) groups excluding carboxylic acids is 3. The monoisotopic (exact) mass is 468 g/mol. The second kappa shape index (κ2) is 7.76. The number of nitro benzene ring substituents is 1. The van der Waals surface area contributed by atoms with E-state index >= 15 is 0 Å². The van der Waals surface area contributed by atoms with Crippen LogP contribution < -0.4 is 4.90 Å². The smallest absolute Gasteiger partial charge is 0.312 e. The highest BCUT2D eigenvalue weighted by Crippen LogP contribution is 2.46. The van der Waals surface area contributed by atoms with E-state index in [9.17, 15) is 24.5 Å². The van der Waals surface area contributed by atoms with E-state index in [1.54, 1.807) is 29.2 Å². The number of nitro groups is 1. The molecule has 3 aromatic rings. The summed E-state index contributed by atoms with van der Waals surface area (Å²) in [6.45, 7) is 0.361. The highest BCUT2D eigenvalue weighted by Gasteiger charge is 2.56. The normalized spacial score (nSPS) is 18.7. The maximum atomic E-state index is 13.5. The Morgan fingerprint density at radius 3 is 2.43 bits per heavy atom. The summed E-state index contributed by atoms with van der Waals surface area (Å²) in [4.78, 5) is 55.1. The molecule has 3 heterocycles. The number of hydrogen-bond acceptors (Lipinski definition) is 5. The number of nitrogens with zero attached hydrogens (tertiary/aromatic N) is 4. The van der Waals surface area contributed by atoms with E-state index in [2.05, 4.69) is 0 Å². The summed E-state index contributed by atoms with van der Waals surface area (Å²) >= 11 is 0. The first-order valence-electron chi connectivity index (χ1n) is 11.4. The van der Waals surface area contributed by atoms with Gasteiger partial charge in [0.1, 0.15) is 5.70 Å². The zero-order chi connectivity index (χ0) is 24.3. The second-order valence-corrected chi connectivity index (χ2v) is 8.84. The van der Waals surface area contributed by atoms with Gasteiger partial charge in [-0.1, -0.05) is 48.5 Å². The van der Waals surface area contributed by atoms with Crippen molar-refractivity contribution in [2.45, 2.75) is 25.3 Å². The summed E-state index contributed by atoms with van der Waals surface area (Å²) in [7, 11) is 0. The molecular weight excluding hydrogens is 448 g/mol. The number of hydrogen-bond donors (Lipinski definition) is 0. The Labute approximate surface area is 200 Å². The molecule has 4 amide bonds. The van der Waals surface area contributed by atoms with Gasteiger partial charge in [-0.3, -0.25) is 24.6 Å². The Morgan fingerprint density at radius 2 is 1.69 bits per heavy atom. The van der Waals surface area contributed by atoms with Gasteiger partial charge in [0.2, 0.25) is 5.91 Å². The van der Waals surface area contributed by atoms with E-state index in [1.165, 1.54) is 17.0 Å².